The summed E-state index contributed by atoms with van der Waals surface area (Å²) < 4.78 is 0. The molecule has 3 nitrogen and oxygen atoms in total. The maximum atomic E-state index is 5.83. The largest absolute Gasteiger partial charge is 0.348 e. The van der Waals surface area contributed by atoms with Crippen LogP contribution in [0.4, 0.5) is 5.13 Å². The molecule has 0 unspecified atom stereocenters. The van der Waals surface area contributed by atoms with Crippen LogP contribution >= 0.6 is 11.3 Å². The molecule has 0 amide bonds. The van der Waals surface area contributed by atoms with Crippen LogP contribution in [0.3, 0.4) is 0 Å². The molecule has 2 aliphatic rings. The zero-order valence-electron chi connectivity index (χ0n) is 10.5. The van der Waals surface area contributed by atoms with Crippen molar-refractivity contribution in [2.24, 2.45) is 11.7 Å². The zero-order valence-corrected chi connectivity index (χ0v) is 11.3. The summed E-state index contributed by atoms with van der Waals surface area (Å²) in [5.41, 5.74) is 7.14. The first-order chi connectivity index (χ1) is 8.28. The second-order valence-corrected chi connectivity index (χ2v) is 6.51. The first-order valence-electron chi connectivity index (χ1n) is 6.72. The number of hydrogen-bond donors (Lipinski definition) is 1. The molecular formula is C13H21N3S. The lowest BCUT2D eigenvalue weighted by Gasteiger charge is -2.29. The third-order valence-electron chi connectivity index (χ3n) is 3.92. The minimum absolute atomic E-state index is 0.660. The zero-order chi connectivity index (χ0) is 11.8. The topological polar surface area (TPSA) is 42.2 Å². The molecule has 0 bridgehead atoms. The second-order valence-electron chi connectivity index (χ2n) is 5.45. The standard InChI is InChI=1S/C13H21N3S/c1-9-4-6-16(7-5-9)13-15-12(10-2-3-10)11(8-14)17-13/h9-10H,2-8,14H2,1H3. The highest BCUT2D eigenvalue weighted by atomic mass is 32.1. The Morgan fingerprint density at radius 3 is 2.59 bits per heavy atom. The molecule has 1 aliphatic carbocycles. The molecule has 17 heavy (non-hydrogen) atoms. The summed E-state index contributed by atoms with van der Waals surface area (Å²) in [4.78, 5) is 8.63. The summed E-state index contributed by atoms with van der Waals surface area (Å²) in [6.07, 6.45) is 5.23. The van der Waals surface area contributed by atoms with Crippen molar-refractivity contribution in [1.29, 1.82) is 0 Å². The van der Waals surface area contributed by atoms with E-state index in [1.165, 1.54) is 54.5 Å². The molecule has 0 radical (unpaired) electrons. The summed E-state index contributed by atoms with van der Waals surface area (Å²) >= 11 is 1.83. The Bertz CT molecular complexity index is 389. The van der Waals surface area contributed by atoms with Crippen LogP contribution in [-0.4, -0.2) is 18.1 Å². The van der Waals surface area contributed by atoms with Gasteiger partial charge in [0.05, 0.1) is 5.69 Å². The van der Waals surface area contributed by atoms with Crippen molar-refractivity contribution < 1.29 is 0 Å². The minimum atomic E-state index is 0.660. The molecule has 94 valence electrons. The molecule has 4 heteroatoms. The highest BCUT2D eigenvalue weighted by Crippen LogP contribution is 2.44. The molecular weight excluding hydrogens is 230 g/mol. The van der Waals surface area contributed by atoms with Crippen molar-refractivity contribution in [3.63, 3.8) is 0 Å². The highest BCUT2D eigenvalue weighted by Gasteiger charge is 2.30. The summed E-state index contributed by atoms with van der Waals surface area (Å²) in [5, 5.41) is 1.22. The fraction of sp³-hybridized carbons (Fsp3) is 0.769. The smallest absolute Gasteiger partial charge is 0.185 e. The lowest BCUT2D eigenvalue weighted by atomic mass is 10.00. The number of hydrogen-bond acceptors (Lipinski definition) is 4. The van der Waals surface area contributed by atoms with E-state index in [1.807, 2.05) is 11.3 Å². The Balaban J connectivity index is 1.78. The highest BCUT2D eigenvalue weighted by molar-refractivity contribution is 7.15. The van der Waals surface area contributed by atoms with E-state index in [-0.39, 0.29) is 0 Å². The fourth-order valence-electron chi connectivity index (χ4n) is 2.51. The van der Waals surface area contributed by atoms with Crippen molar-refractivity contribution in [2.75, 3.05) is 18.0 Å². The van der Waals surface area contributed by atoms with E-state index >= 15 is 0 Å². The van der Waals surface area contributed by atoms with Gasteiger partial charge in [0, 0.05) is 30.4 Å². The minimum Gasteiger partial charge on any atom is -0.348 e. The van der Waals surface area contributed by atoms with Crippen molar-refractivity contribution >= 4 is 16.5 Å². The van der Waals surface area contributed by atoms with Gasteiger partial charge in [0.15, 0.2) is 5.13 Å². The molecule has 1 aromatic heterocycles. The Hall–Kier alpha value is -0.610. The first kappa shape index (κ1) is 11.5. The molecule has 2 N–H and O–H groups in total. The SMILES string of the molecule is CC1CCN(c2nc(C3CC3)c(CN)s2)CC1. The molecule has 3 rings (SSSR count). The van der Waals surface area contributed by atoms with Gasteiger partial charge in [0.2, 0.25) is 0 Å². The third-order valence-corrected chi connectivity index (χ3v) is 5.07. The van der Waals surface area contributed by atoms with Crippen LogP contribution < -0.4 is 10.6 Å². The number of nitrogens with two attached hydrogens (primary N) is 1. The van der Waals surface area contributed by atoms with Crippen LogP contribution in [0.5, 0.6) is 0 Å². The van der Waals surface area contributed by atoms with Crippen LogP contribution in [-0.2, 0) is 6.54 Å². The molecule has 0 aromatic carbocycles. The van der Waals surface area contributed by atoms with Crippen LogP contribution in [0.15, 0.2) is 0 Å². The van der Waals surface area contributed by atoms with Crippen LogP contribution in [0.25, 0.3) is 0 Å². The number of nitrogens with zero attached hydrogens (tertiary/aromatic N) is 2. The van der Waals surface area contributed by atoms with Crippen LogP contribution in [0, 0.1) is 5.92 Å². The molecule has 2 heterocycles. The van der Waals surface area contributed by atoms with Gasteiger partial charge in [-0.15, -0.1) is 11.3 Å². The molecule has 1 saturated heterocycles. The Morgan fingerprint density at radius 1 is 1.29 bits per heavy atom. The monoisotopic (exact) mass is 251 g/mol. The van der Waals surface area contributed by atoms with E-state index in [0.717, 1.165) is 11.8 Å². The first-order valence-corrected chi connectivity index (χ1v) is 7.54. The number of anilines is 1. The second kappa shape index (κ2) is 4.58. The van der Waals surface area contributed by atoms with Gasteiger partial charge in [-0.2, -0.15) is 0 Å². The van der Waals surface area contributed by atoms with E-state index in [2.05, 4.69) is 11.8 Å². The average molecular weight is 251 g/mol. The van der Waals surface area contributed by atoms with Gasteiger partial charge in [-0.25, -0.2) is 4.98 Å². The number of rotatable bonds is 3. The molecule has 0 spiro atoms. The van der Waals surface area contributed by atoms with Gasteiger partial charge in [-0.1, -0.05) is 6.92 Å². The summed E-state index contributed by atoms with van der Waals surface area (Å²) in [5.74, 6) is 1.60. The normalized spacial score (nSPS) is 22.1. The molecule has 1 aliphatic heterocycles. The van der Waals surface area contributed by atoms with Gasteiger partial charge in [-0.3, -0.25) is 0 Å². The lowest BCUT2D eigenvalue weighted by molar-refractivity contribution is 0.438. The summed E-state index contributed by atoms with van der Waals surface area (Å²) in [6, 6.07) is 0. The van der Waals surface area contributed by atoms with Crippen LogP contribution in [0.1, 0.15) is 49.1 Å². The van der Waals surface area contributed by atoms with Gasteiger partial charge in [0.25, 0.3) is 0 Å². The Labute approximate surface area is 107 Å². The third kappa shape index (κ3) is 2.33. The van der Waals surface area contributed by atoms with Gasteiger partial charge < -0.3 is 10.6 Å². The van der Waals surface area contributed by atoms with Crippen molar-refractivity contribution in [2.45, 2.75) is 45.1 Å². The molecule has 1 saturated carbocycles. The van der Waals surface area contributed by atoms with Gasteiger partial charge in [-0.05, 0) is 31.6 Å². The Morgan fingerprint density at radius 2 is 2.00 bits per heavy atom. The predicted molar refractivity (Wildman–Crippen MR) is 72.6 cm³/mol. The number of thiazole rings is 1. The molecule has 0 atom stereocenters. The van der Waals surface area contributed by atoms with E-state index in [4.69, 9.17) is 10.7 Å². The van der Waals surface area contributed by atoms with E-state index in [1.54, 1.807) is 0 Å². The van der Waals surface area contributed by atoms with E-state index in [0.29, 0.717) is 6.54 Å². The number of aromatic nitrogens is 1. The Kier molecular flexibility index (Phi) is 3.09. The van der Waals surface area contributed by atoms with Crippen molar-refractivity contribution in [3.05, 3.63) is 10.6 Å². The quantitative estimate of drug-likeness (QED) is 0.898. The summed E-state index contributed by atoms with van der Waals surface area (Å²) in [7, 11) is 0. The molecule has 1 aromatic rings. The predicted octanol–water partition coefficient (Wildman–Crippen LogP) is 2.72. The number of piperidine rings is 1. The maximum Gasteiger partial charge on any atom is 0.185 e. The van der Waals surface area contributed by atoms with Crippen molar-refractivity contribution in [1.82, 2.24) is 4.98 Å². The van der Waals surface area contributed by atoms with Gasteiger partial charge >= 0.3 is 0 Å². The maximum absolute atomic E-state index is 5.83. The lowest BCUT2D eigenvalue weighted by Crippen LogP contribution is -2.32. The fourth-order valence-corrected chi connectivity index (χ4v) is 3.58. The van der Waals surface area contributed by atoms with Gasteiger partial charge in [0.1, 0.15) is 0 Å². The molecule has 2 fully saturated rings. The van der Waals surface area contributed by atoms with Crippen LogP contribution in [0.2, 0.25) is 0 Å². The van der Waals surface area contributed by atoms with E-state index in [9.17, 15) is 0 Å². The average Bonchev–Trinajstić information content (AvgIpc) is 3.10. The van der Waals surface area contributed by atoms with Crippen molar-refractivity contribution in [3.8, 4) is 0 Å². The summed E-state index contributed by atoms with van der Waals surface area (Å²) in [6.45, 7) is 5.35. The van der Waals surface area contributed by atoms with E-state index < -0.39 is 0 Å².